The maximum Gasteiger partial charge on any atom is 0.138 e. The summed E-state index contributed by atoms with van der Waals surface area (Å²) in [6.07, 6.45) is 1.83. The summed E-state index contributed by atoms with van der Waals surface area (Å²) in [6, 6.07) is 7.20. The number of benzene rings is 1. The molecule has 21 heavy (non-hydrogen) atoms. The van der Waals surface area contributed by atoms with Gasteiger partial charge >= 0.3 is 0 Å². The first-order valence-electron chi connectivity index (χ1n) is 6.76. The Morgan fingerprint density at radius 3 is 2.95 bits per heavy atom. The molecule has 1 aromatic carbocycles. The summed E-state index contributed by atoms with van der Waals surface area (Å²) >= 11 is 5.97. The molecule has 0 fully saturated rings. The van der Waals surface area contributed by atoms with Gasteiger partial charge in [0.05, 0.1) is 5.02 Å². The highest BCUT2D eigenvalue weighted by molar-refractivity contribution is 6.32. The normalized spacial score (nSPS) is 12.3. The maximum atomic E-state index is 9.85. The van der Waals surface area contributed by atoms with E-state index in [2.05, 4.69) is 15.5 Å². The number of hydrogen-bond donors (Lipinski definition) is 2. The number of aliphatic hydroxyl groups excluding tert-OH is 1. The van der Waals surface area contributed by atoms with Crippen molar-refractivity contribution in [3.63, 3.8) is 0 Å². The monoisotopic (exact) mass is 310 g/mol. The summed E-state index contributed by atoms with van der Waals surface area (Å²) in [4.78, 5) is 0. The van der Waals surface area contributed by atoms with Gasteiger partial charge in [0.15, 0.2) is 0 Å². The molecule has 0 radical (unpaired) electrons. The zero-order chi connectivity index (χ0) is 15.1. The highest BCUT2D eigenvalue weighted by Crippen LogP contribution is 2.22. The summed E-state index contributed by atoms with van der Waals surface area (Å²) in [7, 11) is 1.90. The van der Waals surface area contributed by atoms with Gasteiger partial charge in [-0.1, -0.05) is 23.7 Å². The molecule has 1 atom stereocenters. The number of hydrogen-bond acceptors (Lipinski definition) is 5. The van der Waals surface area contributed by atoms with E-state index in [0.717, 1.165) is 18.8 Å². The summed E-state index contributed by atoms with van der Waals surface area (Å²) < 4.78 is 7.35. The molecule has 114 valence electrons. The minimum Gasteiger partial charge on any atom is -0.489 e. The molecule has 0 aliphatic heterocycles. The molecule has 0 spiro atoms. The lowest BCUT2D eigenvalue weighted by Gasteiger charge is -2.13. The molecule has 0 bridgehead atoms. The van der Waals surface area contributed by atoms with E-state index in [9.17, 15) is 5.11 Å². The molecular weight excluding hydrogens is 292 g/mol. The molecule has 2 aromatic rings. The fourth-order valence-electron chi connectivity index (χ4n) is 1.81. The van der Waals surface area contributed by atoms with Gasteiger partial charge in [-0.25, -0.2) is 0 Å². The Kier molecular flexibility index (Phi) is 5.98. The van der Waals surface area contributed by atoms with E-state index < -0.39 is 6.10 Å². The van der Waals surface area contributed by atoms with Gasteiger partial charge in [-0.3, -0.25) is 0 Å². The number of nitrogens with zero attached hydrogens (tertiary/aromatic N) is 3. The lowest BCUT2D eigenvalue weighted by Crippen LogP contribution is -2.32. The van der Waals surface area contributed by atoms with Gasteiger partial charge in [-0.05, 0) is 12.1 Å². The average molecular weight is 311 g/mol. The van der Waals surface area contributed by atoms with Crippen LogP contribution in [0.2, 0.25) is 5.02 Å². The highest BCUT2D eigenvalue weighted by atomic mass is 35.5. The third-order valence-electron chi connectivity index (χ3n) is 2.98. The van der Waals surface area contributed by atoms with Crippen molar-refractivity contribution in [1.82, 2.24) is 20.1 Å². The van der Waals surface area contributed by atoms with Crippen molar-refractivity contribution in [3.05, 3.63) is 41.4 Å². The molecule has 1 heterocycles. The Bertz CT molecular complexity index is 561. The molecule has 0 saturated carbocycles. The number of aromatic nitrogens is 3. The van der Waals surface area contributed by atoms with Crippen LogP contribution >= 0.6 is 11.6 Å². The summed E-state index contributed by atoms with van der Waals surface area (Å²) in [6.45, 7) is 1.36. The van der Waals surface area contributed by atoms with E-state index in [1.165, 1.54) is 0 Å². The number of ether oxygens (including phenoxy) is 1. The van der Waals surface area contributed by atoms with Crippen molar-refractivity contribution < 1.29 is 9.84 Å². The SMILES string of the molecule is Cn1cnnc1CCNCC(O)COc1ccccc1Cl. The smallest absolute Gasteiger partial charge is 0.138 e. The largest absolute Gasteiger partial charge is 0.489 e. The molecule has 2 N–H and O–H groups in total. The summed E-state index contributed by atoms with van der Waals surface area (Å²) in [5.74, 6) is 1.49. The molecule has 6 nitrogen and oxygen atoms in total. The van der Waals surface area contributed by atoms with Gasteiger partial charge in [-0.2, -0.15) is 0 Å². The summed E-state index contributed by atoms with van der Waals surface area (Å²) in [5, 5.41) is 21.3. The molecule has 0 aliphatic carbocycles. The lowest BCUT2D eigenvalue weighted by atomic mass is 10.3. The molecule has 0 amide bonds. The van der Waals surface area contributed by atoms with E-state index in [1.807, 2.05) is 23.7 Å². The predicted octanol–water partition coefficient (Wildman–Crippen LogP) is 1.04. The van der Waals surface area contributed by atoms with Crippen LogP contribution in [0.5, 0.6) is 5.75 Å². The lowest BCUT2D eigenvalue weighted by molar-refractivity contribution is 0.106. The molecule has 0 aliphatic rings. The fraction of sp³-hybridized carbons (Fsp3) is 0.429. The quantitative estimate of drug-likeness (QED) is 0.713. The number of halogens is 1. The first kappa shape index (κ1) is 15.8. The van der Waals surface area contributed by atoms with Crippen LogP contribution in [-0.2, 0) is 13.5 Å². The zero-order valence-electron chi connectivity index (χ0n) is 11.9. The highest BCUT2D eigenvalue weighted by Gasteiger charge is 2.07. The zero-order valence-corrected chi connectivity index (χ0v) is 12.6. The fourth-order valence-corrected chi connectivity index (χ4v) is 2.00. The van der Waals surface area contributed by atoms with Crippen molar-refractivity contribution in [2.45, 2.75) is 12.5 Å². The van der Waals surface area contributed by atoms with Gasteiger partial charge in [0.1, 0.15) is 30.6 Å². The van der Waals surface area contributed by atoms with Crippen molar-refractivity contribution in [1.29, 1.82) is 0 Å². The standard InChI is InChI=1S/C14H19ClN4O2/c1-19-10-17-18-14(19)6-7-16-8-11(20)9-21-13-5-3-2-4-12(13)15/h2-5,10-11,16,20H,6-9H2,1H3. The van der Waals surface area contributed by atoms with Crippen LogP contribution in [0.3, 0.4) is 0 Å². The van der Waals surface area contributed by atoms with Crippen LogP contribution in [0.15, 0.2) is 30.6 Å². The topological polar surface area (TPSA) is 72.2 Å². The molecule has 1 unspecified atom stereocenters. The third-order valence-corrected chi connectivity index (χ3v) is 3.29. The first-order valence-corrected chi connectivity index (χ1v) is 7.13. The second-order valence-corrected chi connectivity index (χ2v) is 5.11. The Hall–Kier alpha value is -1.63. The Morgan fingerprint density at radius 1 is 1.43 bits per heavy atom. The second-order valence-electron chi connectivity index (χ2n) is 4.71. The molecular formula is C14H19ClN4O2. The minimum atomic E-state index is -0.597. The Labute approximate surface area is 128 Å². The third kappa shape index (κ3) is 5.00. The number of aryl methyl sites for hydroxylation is 1. The number of aliphatic hydroxyl groups is 1. The van der Waals surface area contributed by atoms with Crippen LogP contribution in [-0.4, -0.2) is 45.7 Å². The van der Waals surface area contributed by atoms with E-state index in [4.69, 9.17) is 16.3 Å². The van der Waals surface area contributed by atoms with Crippen LogP contribution < -0.4 is 10.1 Å². The van der Waals surface area contributed by atoms with E-state index >= 15 is 0 Å². The predicted molar refractivity (Wildman–Crippen MR) is 80.5 cm³/mol. The van der Waals surface area contributed by atoms with Crippen molar-refractivity contribution in [3.8, 4) is 5.75 Å². The van der Waals surface area contributed by atoms with Crippen molar-refractivity contribution in [2.24, 2.45) is 7.05 Å². The van der Waals surface area contributed by atoms with Crippen LogP contribution in [0, 0.1) is 0 Å². The number of nitrogens with one attached hydrogen (secondary N) is 1. The van der Waals surface area contributed by atoms with E-state index in [0.29, 0.717) is 17.3 Å². The van der Waals surface area contributed by atoms with Gasteiger partial charge in [0, 0.05) is 26.6 Å². The van der Waals surface area contributed by atoms with Gasteiger partial charge < -0.3 is 19.7 Å². The molecule has 7 heteroatoms. The molecule has 2 rings (SSSR count). The Morgan fingerprint density at radius 2 is 2.24 bits per heavy atom. The molecule has 0 saturated heterocycles. The van der Waals surface area contributed by atoms with Crippen LogP contribution in [0.4, 0.5) is 0 Å². The van der Waals surface area contributed by atoms with E-state index in [1.54, 1.807) is 18.5 Å². The second kappa shape index (κ2) is 7.97. The van der Waals surface area contributed by atoms with Gasteiger partial charge in [0.25, 0.3) is 0 Å². The summed E-state index contributed by atoms with van der Waals surface area (Å²) in [5.41, 5.74) is 0. The number of rotatable bonds is 8. The minimum absolute atomic E-state index is 0.195. The van der Waals surface area contributed by atoms with Gasteiger partial charge in [0.2, 0.25) is 0 Å². The molecule has 1 aromatic heterocycles. The first-order chi connectivity index (χ1) is 10.2. The average Bonchev–Trinajstić information content (AvgIpc) is 2.88. The number of para-hydroxylation sites is 1. The van der Waals surface area contributed by atoms with Crippen molar-refractivity contribution in [2.75, 3.05) is 19.7 Å². The van der Waals surface area contributed by atoms with Crippen LogP contribution in [0.1, 0.15) is 5.82 Å². The van der Waals surface area contributed by atoms with Gasteiger partial charge in [-0.15, -0.1) is 10.2 Å². The maximum absolute atomic E-state index is 9.85. The van der Waals surface area contributed by atoms with E-state index in [-0.39, 0.29) is 6.61 Å². The van der Waals surface area contributed by atoms with Crippen molar-refractivity contribution >= 4 is 11.6 Å². The van der Waals surface area contributed by atoms with Crippen LogP contribution in [0.25, 0.3) is 0 Å². The Balaban J connectivity index is 1.63.